The number of likely N-dealkylation sites (tertiary alicyclic amines) is 1. The third-order valence-corrected chi connectivity index (χ3v) is 4.71. The van der Waals surface area contributed by atoms with E-state index in [2.05, 4.69) is 18.8 Å². The van der Waals surface area contributed by atoms with E-state index in [0.29, 0.717) is 17.0 Å². The van der Waals surface area contributed by atoms with Crippen molar-refractivity contribution in [2.75, 3.05) is 13.1 Å². The van der Waals surface area contributed by atoms with Crippen LogP contribution in [-0.4, -0.2) is 23.9 Å². The standard InChI is InChI=1S/C22H22FNO/c1-16-11-13-24(14-12-16)22(25)20-8-5-18(6-9-20)3-4-19-7-10-21(23)17(2)15-19/h5-10,15-16H,11-14H2,1-2H3. The molecule has 1 saturated heterocycles. The number of aryl methyl sites for hydroxylation is 1. The number of nitrogens with zero attached hydrogens (tertiary/aromatic N) is 1. The predicted octanol–water partition coefficient (Wildman–Crippen LogP) is 4.41. The Morgan fingerprint density at radius 1 is 1.04 bits per heavy atom. The third-order valence-electron chi connectivity index (χ3n) is 4.71. The molecule has 0 aliphatic carbocycles. The molecule has 0 saturated carbocycles. The average molecular weight is 335 g/mol. The number of amides is 1. The summed E-state index contributed by atoms with van der Waals surface area (Å²) in [6.07, 6.45) is 2.15. The van der Waals surface area contributed by atoms with E-state index in [4.69, 9.17) is 0 Å². The first-order valence-electron chi connectivity index (χ1n) is 8.70. The third kappa shape index (κ3) is 4.28. The minimum Gasteiger partial charge on any atom is -0.339 e. The summed E-state index contributed by atoms with van der Waals surface area (Å²) in [5.74, 6) is 6.68. The van der Waals surface area contributed by atoms with E-state index in [1.54, 1.807) is 19.1 Å². The van der Waals surface area contributed by atoms with Crippen LogP contribution in [0.5, 0.6) is 0 Å². The smallest absolute Gasteiger partial charge is 0.253 e. The van der Waals surface area contributed by atoms with Crippen LogP contribution >= 0.6 is 0 Å². The number of rotatable bonds is 1. The molecule has 2 aromatic rings. The largest absolute Gasteiger partial charge is 0.339 e. The lowest BCUT2D eigenvalue weighted by molar-refractivity contribution is 0.0697. The second-order valence-corrected chi connectivity index (χ2v) is 6.77. The van der Waals surface area contributed by atoms with Crippen molar-refractivity contribution < 1.29 is 9.18 Å². The van der Waals surface area contributed by atoms with E-state index in [-0.39, 0.29) is 11.7 Å². The fraction of sp³-hybridized carbons (Fsp3) is 0.318. The highest BCUT2D eigenvalue weighted by Crippen LogP contribution is 2.18. The van der Waals surface area contributed by atoms with Gasteiger partial charge in [-0.05, 0) is 73.7 Å². The maximum Gasteiger partial charge on any atom is 0.253 e. The number of carbonyl (C=O) groups is 1. The molecule has 25 heavy (non-hydrogen) atoms. The lowest BCUT2D eigenvalue weighted by atomic mass is 9.98. The molecule has 0 unspecified atom stereocenters. The molecule has 128 valence electrons. The van der Waals surface area contributed by atoms with E-state index >= 15 is 0 Å². The SMILES string of the molecule is Cc1cc(C#Cc2ccc(C(=O)N3CCC(C)CC3)cc2)ccc1F. The Morgan fingerprint density at radius 3 is 2.28 bits per heavy atom. The molecule has 0 N–H and O–H groups in total. The molecule has 1 amide bonds. The van der Waals surface area contributed by atoms with Crippen LogP contribution in [0.25, 0.3) is 0 Å². The average Bonchev–Trinajstić information content (AvgIpc) is 2.63. The van der Waals surface area contributed by atoms with Crippen LogP contribution in [0.15, 0.2) is 42.5 Å². The Hall–Kier alpha value is -2.60. The molecule has 3 rings (SSSR count). The first kappa shape index (κ1) is 17.2. The van der Waals surface area contributed by atoms with Gasteiger partial charge in [0.1, 0.15) is 5.82 Å². The van der Waals surface area contributed by atoms with Crippen LogP contribution in [0.3, 0.4) is 0 Å². The second-order valence-electron chi connectivity index (χ2n) is 6.77. The van der Waals surface area contributed by atoms with E-state index in [0.717, 1.165) is 37.1 Å². The van der Waals surface area contributed by atoms with E-state index < -0.39 is 0 Å². The lowest BCUT2D eigenvalue weighted by Crippen LogP contribution is -2.37. The summed E-state index contributed by atoms with van der Waals surface area (Å²) >= 11 is 0. The van der Waals surface area contributed by atoms with Crippen molar-refractivity contribution in [3.63, 3.8) is 0 Å². The van der Waals surface area contributed by atoms with E-state index in [9.17, 15) is 9.18 Å². The molecule has 0 spiro atoms. The van der Waals surface area contributed by atoms with Crippen molar-refractivity contribution in [3.05, 3.63) is 70.5 Å². The molecule has 2 nitrogen and oxygen atoms in total. The highest BCUT2D eigenvalue weighted by Gasteiger charge is 2.21. The minimum absolute atomic E-state index is 0.0977. The van der Waals surface area contributed by atoms with Crippen molar-refractivity contribution in [2.24, 2.45) is 5.92 Å². The summed E-state index contributed by atoms with van der Waals surface area (Å²) in [6.45, 7) is 5.64. The first-order chi connectivity index (χ1) is 12.0. The van der Waals surface area contributed by atoms with Gasteiger partial charge in [0.25, 0.3) is 5.91 Å². The molecule has 1 aliphatic heterocycles. The molecule has 1 fully saturated rings. The highest BCUT2D eigenvalue weighted by molar-refractivity contribution is 5.94. The fourth-order valence-corrected chi connectivity index (χ4v) is 2.96. The number of hydrogen-bond donors (Lipinski definition) is 0. The van der Waals surface area contributed by atoms with E-state index in [1.165, 1.54) is 6.07 Å². The van der Waals surface area contributed by atoms with Gasteiger partial charge in [0.05, 0.1) is 0 Å². The van der Waals surface area contributed by atoms with Crippen LogP contribution in [0.1, 0.15) is 46.8 Å². The van der Waals surface area contributed by atoms with Gasteiger partial charge in [0.2, 0.25) is 0 Å². The zero-order valence-electron chi connectivity index (χ0n) is 14.7. The van der Waals surface area contributed by atoms with Gasteiger partial charge < -0.3 is 4.90 Å². The van der Waals surface area contributed by atoms with Crippen LogP contribution < -0.4 is 0 Å². The molecule has 1 heterocycles. The summed E-state index contributed by atoms with van der Waals surface area (Å²) in [5, 5.41) is 0. The summed E-state index contributed by atoms with van der Waals surface area (Å²) in [7, 11) is 0. The predicted molar refractivity (Wildman–Crippen MR) is 97.9 cm³/mol. The van der Waals surface area contributed by atoms with Gasteiger partial charge in [-0.15, -0.1) is 0 Å². The van der Waals surface area contributed by atoms with Crippen molar-refractivity contribution in [1.29, 1.82) is 0 Å². The normalized spacial score (nSPS) is 14.8. The maximum atomic E-state index is 13.3. The summed E-state index contributed by atoms with van der Waals surface area (Å²) in [5.41, 5.74) is 2.91. The molecule has 0 atom stereocenters. The van der Waals surface area contributed by atoms with Gasteiger partial charge >= 0.3 is 0 Å². The quantitative estimate of drug-likeness (QED) is 0.707. The van der Waals surface area contributed by atoms with Crippen LogP contribution in [-0.2, 0) is 0 Å². The first-order valence-corrected chi connectivity index (χ1v) is 8.70. The van der Waals surface area contributed by atoms with Crippen molar-refractivity contribution in [2.45, 2.75) is 26.7 Å². The van der Waals surface area contributed by atoms with Crippen molar-refractivity contribution in [3.8, 4) is 11.8 Å². The summed E-state index contributed by atoms with van der Waals surface area (Å²) in [4.78, 5) is 14.5. The monoisotopic (exact) mass is 335 g/mol. The Bertz CT molecular complexity index is 821. The molecular weight excluding hydrogens is 313 g/mol. The maximum absolute atomic E-state index is 13.3. The number of carbonyl (C=O) groups excluding carboxylic acids is 1. The minimum atomic E-state index is -0.222. The molecule has 0 radical (unpaired) electrons. The van der Waals surface area contributed by atoms with Gasteiger partial charge in [0.15, 0.2) is 0 Å². The zero-order valence-corrected chi connectivity index (χ0v) is 14.7. The topological polar surface area (TPSA) is 20.3 Å². The van der Waals surface area contributed by atoms with Crippen LogP contribution in [0.4, 0.5) is 4.39 Å². The number of piperidine rings is 1. The Morgan fingerprint density at radius 2 is 1.64 bits per heavy atom. The Kier molecular flexibility index (Phi) is 5.19. The molecule has 1 aliphatic rings. The van der Waals surface area contributed by atoms with Crippen molar-refractivity contribution in [1.82, 2.24) is 4.90 Å². The fourth-order valence-electron chi connectivity index (χ4n) is 2.96. The number of benzene rings is 2. The number of halogens is 1. The molecule has 0 bridgehead atoms. The molecule has 3 heteroatoms. The Balaban J connectivity index is 1.69. The lowest BCUT2D eigenvalue weighted by Gasteiger charge is -2.30. The van der Waals surface area contributed by atoms with Gasteiger partial charge in [0, 0.05) is 29.8 Å². The summed E-state index contributed by atoms with van der Waals surface area (Å²) in [6, 6.07) is 12.2. The second kappa shape index (κ2) is 7.53. The van der Waals surface area contributed by atoms with Crippen molar-refractivity contribution >= 4 is 5.91 Å². The van der Waals surface area contributed by atoms with Gasteiger partial charge in [-0.1, -0.05) is 18.8 Å². The Labute approximate surface area is 148 Å². The molecular formula is C22H22FNO. The number of hydrogen-bond acceptors (Lipinski definition) is 1. The highest BCUT2D eigenvalue weighted by atomic mass is 19.1. The van der Waals surface area contributed by atoms with Gasteiger partial charge in [-0.3, -0.25) is 4.79 Å². The van der Waals surface area contributed by atoms with E-state index in [1.807, 2.05) is 29.2 Å². The molecule has 0 aromatic heterocycles. The molecule has 2 aromatic carbocycles. The van der Waals surface area contributed by atoms with Crippen LogP contribution in [0, 0.1) is 30.5 Å². The zero-order chi connectivity index (χ0) is 17.8. The summed E-state index contributed by atoms with van der Waals surface area (Å²) < 4.78 is 13.3. The van der Waals surface area contributed by atoms with Crippen LogP contribution in [0.2, 0.25) is 0 Å². The van der Waals surface area contributed by atoms with Gasteiger partial charge in [-0.25, -0.2) is 4.39 Å². The van der Waals surface area contributed by atoms with Gasteiger partial charge in [-0.2, -0.15) is 0 Å².